The molecule has 3 heterocycles. The highest BCUT2D eigenvalue weighted by Crippen LogP contribution is 2.31. The van der Waals surface area contributed by atoms with Gasteiger partial charge >= 0.3 is 0 Å². The highest BCUT2D eigenvalue weighted by molar-refractivity contribution is 5.98. The van der Waals surface area contributed by atoms with Crippen molar-refractivity contribution in [3.05, 3.63) is 108 Å². The van der Waals surface area contributed by atoms with Crippen molar-refractivity contribution in [3.63, 3.8) is 0 Å². The summed E-state index contributed by atoms with van der Waals surface area (Å²) in [6, 6.07) is 28.6. The lowest BCUT2D eigenvalue weighted by Crippen LogP contribution is -2.31. The van der Waals surface area contributed by atoms with Crippen molar-refractivity contribution in [2.24, 2.45) is 0 Å². The van der Waals surface area contributed by atoms with E-state index in [0.717, 1.165) is 27.7 Å². The molecule has 1 N–H and O–H groups in total. The van der Waals surface area contributed by atoms with E-state index < -0.39 is 0 Å². The average Bonchev–Trinajstić information content (AvgIpc) is 3.31. The Morgan fingerprint density at radius 1 is 0.853 bits per heavy atom. The molecule has 0 bridgehead atoms. The Kier molecular flexibility index (Phi) is 5.07. The molecule has 0 radical (unpaired) electrons. The van der Waals surface area contributed by atoms with Crippen molar-refractivity contribution in [3.8, 4) is 28.0 Å². The van der Waals surface area contributed by atoms with Crippen LogP contribution in [0.2, 0.25) is 0 Å². The van der Waals surface area contributed by atoms with Crippen molar-refractivity contribution < 1.29 is 9.53 Å². The smallest absolute Gasteiger partial charge is 0.258 e. The third kappa shape index (κ3) is 3.82. The molecule has 3 aromatic carbocycles. The molecule has 34 heavy (non-hydrogen) atoms. The fourth-order valence-corrected chi connectivity index (χ4v) is 4.44. The van der Waals surface area contributed by atoms with Gasteiger partial charge in [-0.05, 0) is 46.5 Å². The van der Waals surface area contributed by atoms with Gasteiger partial charge in [-0.3, -0.25) is 4.79 Å². The number of nitrogens with zero attached hydrogens (tertiary/aromatic N) is 2. The van der Waals surface area contributed by atoms with Gasteiger partial charge in [0, 0.05) is 29.9 Å². The molecule has 0 unspecified atom stereocenters. The van der Waals surface area contributed by atoms with Crippen LogP contribution in [0.4, 0.5) is 0 Å². The molecule has 5 nitrogen and oxygen atoms in total. The zero-order valence-corrected chi connectivity index (χ0v) is 18.6. The average molecular weight is 446 g/mol. The lowest BCUT2D eigenvalue weighted by atomic mass is 10.0. The second kappa shape index (κ2) is 8.52. The number of hydrogen-bond acceptors (Lipinski definition) is 3. The Bertz CT molecular complexity index is 1470. The van der Waals surface area contributed by atoms with Crippen LogP contribution in [0, 0.1) is 0 Å². The van der Waals surface area contributed by atoms with Gasteiger partial charge < -0.3 is 14.6 Å². The number of ether oxygens (including phenoxy) is 1. The van der Waals surface area contributed by atoms with E-state index in [0.29, 0.717) is 31.0 Å². The number of pyridine rings is 1. The summed E-state index contributed by atoms with van der Waals surface area (Å²) in [7, 11) is 0. The summed E-state index contributed by atoms with van der Waals surface area (Å²) in [6.45, 7) is 1.55. The molecule has 0 aliphatic carbocycles. The summed E-state index contributed by atoms with van der Waals surface area (Å²) in [5.41, 5.74) is 6.87. The van der Waals surface area contributed by atoms with Crippen LogP contribution < -0.4 is 4.74 Å². The molecular weight excluding hydrogens is 422 g/mol. The monoisotopic (exact) mass is 445 g/mol. The molecule has 0 saturated carbocycles. The number of carbonyl (C=O) groups is 1. The third-order valence-electron chi connectivity index (χ3n) is 6.29. The normalized spacial score (nSPS) is 13.4. The number of aromatic amines is 1. The van der Waals surface area contributed by atoms with E-state index in [4.69, 9.17) is 4.74 Å². The summed E-state index contributed by atoms with van der Waals surface area (Å²) in [4.78, 5) is 22.8. The molecule has 1 aliphatic rings. The number of nitrogens with one attached hydrogen (secondary N) is 1. The third-order valence-corrected chi connectivity index (χ3v) is 6.29. The maximum absolute atomic E-state index is 13.3. The molecule has 166 valence electrons. The Hall–Kier alpha value is -4.38. The molecule has 0 fully saturated rings. The maximum Gasteiger partial charge on any atom is 0.258 e. The van der Waals surface area contributed by atoms with Gasteiger partial charge in [0.05, 0.1) is 12.1 Å². The summed E-state index contributed by atoms with van der Waals surface area (Å²) in [5.74, 6) is 0.615. The van der Waals surface area contributed by atoms with Crippen LogP contribution in [-0.2, 0) is 6.54 Å². The number of rotatable bonds is 4. The number of benzene rings is 3. The Morgan fingerprint density at radius 3 is 2.50 bits per heavy atom. The van der Waals surface area contributed by atoms with Gasteiger partial charge in [0.2, 0.25) is 0 Å². The standard InChI is InChI=1S/C29H23N3O2/c33-29-26-11-10-23(25-16-24-12-13-30-28(24)31-18-25)17-27(26)34-15-14-32(29)19-20-6-8-22(9-7-20)21-4-2-1-3-5-21/h1-13,16-18H,14-15,19H2,(H,30,31). The predicted molar refractivity (Wildman–Crippen MR) is 134 cm³/mol. The number of H-pyrrole nitrogens is 1. The van der Waals surface area contributed by atoms with Crippen LogP contribution >= 0.6 is 0 Å². The van der Waals surface area contributed by atoms with Gasteiger partial charge in [0.25, 0.3) is 5.91 Å². The minimum atomic E-state index is -0.00889. The molecule has 5 aromatic rings. The summed E-state index contributed by atoms with van der Waals surface area (Å²) in [5, 5.41) is 1.05. The first-order chi connectivity index (χ1) is 16.7. The predicted octanol–water partition coefficient (Wildman–Crippen LogP) is 5.93. The summed E-state index contributed by atoms with van der Waals surface area (Å²) >= 11 is 0. The minimum absolute atomic E-state index is 0.00889. The van der Waals surface area contributed by atoms with Gasteiger partial charge in [0.1, 0.15) is 18.0 Å². The first-order valence-corrected chi connectivity index (χ1v) is 11.4. The van der Waals surface area contributed by atoms with Crippen LogP contribution in [0.25, 0.3) is 33.3 Å². The largest absolute Gasteiger partial charge is 0.491 e. The molecule has 1 amide bonds. The second-order valence-electron chi connectivity index (χ2n) is 8.49. The Labute approximate surface area is 197 Å². The maximum atomic E-state index is 13.3. The molecule has 0 atom stereocenters. The van der Waals surface area contributed by atoms with Gasteiger partial charge in [0.15, 0.2) is 0 Å². The second-order valence-corrected chi connectivity index (χ2v) is 8.49. The van der Waals surface area contributed by atoms with Crippen LogP contribution in [-0.4, -0.2) is 33.9 Å². The summed E-state index contributed by atoms with van der Waals surface area (Å²) in [6.07, 6.45) is 3.72. The number of fused-ring (bicyclic) bond motifs is 2. The van der Waals surface area contributed by atoms with Crippen LogP contribution in [0.15, 0.2) is 97.3 Å². The quantitative estimate of drug-likeness (QED) is 0.373. The number of carbonyl (C=O) groups excluding carboxylic acids is 1. The molecule has 1 aliphatic heterocycles. The Morgan fingerprint density at radius 2 is 1.65 bits per heavy atom. The van der Waals surface area contributed by atoms with Gasteiger partial charge in [-0.1, -0.05) is 60.7 Å². The molecule has 6 rings (SSSR count). The number of hydrogen-bond donors (Lipinski definition) is 1. The molecular formula is C29H23N3O2. The van der Waals surface area contributed by atoms with E-state index in [1.54, 1.807) is 0 Å². The zero-order valence-electron chi connectivity index (χ0n) is 18.6. The van der Waals surface area contributed by atoms with E-state index in [1.807, 2.05) is 59.8 Å². The topological polar surface area (TPSA) is 58.2 Å². The highest BCUT2D eigenvalue weighted by atomic mass is 16.5. The fourth-order valence-electron chi connectivity index (χ4n) is 4.44. The highest BCUT2D eigenvalue weighted by Gasteiger charge is 2.24. The van der Waals surface area contributed by atoms with E-state index in [-0.39, 0.29) is 5.91 Å². The molecule has 2 aromatic heterocycles. The van der Waals surface area contributed by atoms with Crippen molar-refractivity contribution in [2.45, 2.75) is 6.54 Å². The van der Waals surface area contributed by atoms with Gasteiger partial charge in [-0.2, -0.15) is 0 Å². The van der Waals surface area contributed by atoms with Crippen molar-refractivity contribution in [1.82, 2.24) is 14.9 Å². The first kappa shape index (κ1) is 20.2. The molecule has 0 saturated heterocycles. The summed E-state index contributed by atoms with van der Waals surface area (Å²) < 4.78 is 6.01. The zero-order chi connectivity index (χ0) is 22.9. The van der Waals surface area contributed by atoms with E-state index in [2.05, 4.69) is 52.4 Å². The van der Waals surface area contributed by atoms with Crippen LogP contribution in [0.3, 0.4) is 0 Å². The minimum Gasteiger partial charge on any atom is -0.491 e. The molecule has 5 heteroatoms. The van der Waals surface area contributed by atoms with E-state index in [9.17, 15) is 4.79 Å². The fraction of sp³-hybridized carbons (Fsp3) is 0.103. The van der Waals surface area contributed by atoms with Gasteiger partial charge in [-0.25, -0.2) is 4.98 Å². The number of aromatic nitrogens is 2. The lowest BCUT2D eigenvalue weighted by Gasteiger charge is -2.20. The van der Waals surface area contributed by atoms with E-state index in [1.165, 1.54) is 11.1 Å². The van der Waals surface area contributed by atoms with Crippen molar-refractivity contribution in [2.75, 3.05) is 13.2 Å². The first-order valence-electron chi connectivity index (χ1n) is 11.4. The van der Waals surface area contributed by atoms with Crippen molar-refractivity contribution in [1.29, 1.82) is 0 Å². The van der Waals surface area contributed by atoms with E-state index >= 15 is 0 Å². The van der Waals surface area contributed by atoms with Crippen LogP contribution in [0.1, 0.15) is 15.9 Å². The van der Waals surface area contributed by atoms with Crippen molar-refractivity contribution >= 4 is 16.9 Å². The lowest BCUT2D eigenvalue weighted by molar-refractivity contribution is 0.0743. The SMILES string of the molecule is O=C1c2ccc(-c3cnc4[nH]ccc4c3)cc2OCCN1Cc1ccc(-c2ccccc2)cc1. The number of amides is 1. The molecule has 0 spiro atoms. The van der Waals surface area contributed by atoms with Gasteiger partial charge in [-0.15, -0.1) is 0 Å². The van der Waals surface area contributed by atoms with Crippen LogP contribution in [0.5, 0.6) is 5.75 Å². The Balaban J connectivity index is 1.23.